The zero-order valence-corrected chi connectivity index (χ0v) is 12.0. The summed E-state index contributed by atoms with van der Waals surface area (Å²) in [4.78, 5) is 14.2. The first-order valence-electron chi connectivity index (χ1n) is 7.26. The van der Waals surface area contributed by atoms with E-state index in [2.05, 4.69) is 31.3 Å². The Labute approximate surface area is 116 Å². The van der Waals surface area contributed by atoms with Crippen molar-refractivity contribution in [2.45, 2.75) is 39.5 Å². The van der Waals surface area contributed by atoms with Crippen LogP contribution in [-0.2, 0) is 4.79 Å². The van der Waals surface area contributed by atoms with Crippen molar-refractivity contribution in [3.8, 4) is 0 Å². The fourth-order valence-corrected chi connectivity index (χ4v) is 2.69. The molecule has 1 aromatic carbocycles. The van der Waals surface area contributed by atoms with Crippen molar-refractivity contribution >= 4 is 11.6 Å². The third-order valence-electron chi connectivity index (χ3n) is 3.86. The minimum Gasteiger partial charge on any atom is -0.376 e. The lowest BCUT2D eigenvalue weighted by molar-refractivity contribution is -0.129. The highest BCUT2D eigenvalue weighted by atomic mass is 16.2. The number of benzene rings is 1. The number of nitrogens with one attached hydrogen (secondary N) is 1. The highest BCUT2D eigenvalue weighted by Crippen LogP contribution is 2.19. The van der Waals surface area contributed by atoms with Gasteiger partial charge in [-0.3, -0.25) is 4.79 Å². The van der Waals surface area contributed by atoms with E-state index in [1.165, 1.54) is 24.0 Å². The summed E-state index contributed by atoms with van der Waals surface area (Å²) in [6.07, 6.45) is 4.81. The number of rotatable bonds is 3. The van der Waals surface area contributed by atoms with Crippen LogP contribution in [0.3, 0.4) is 0 Å². The third-order valence-corrected chi connectivity index (χ3v) is 3.86. The number of carbonyl (C=O) groups is 1. The van der Waals surface area contributed by atoms with E-state index in [0.717, 1.165) is 31.6 Å². The van der Waals surface area contributed by atoms with Gasteiger partial charge >= 0.3 is 0 Å². The second kappa shape index (κ2) is 6.60. The lowest BCUT2D eigenvalue weighted by Gasteiger charge is -2.21. The van der Waals surface area contributed by atoms with Crippen LogP contribution < -0.4 is 5.32 Å². The van der Waals surface area contributed by atoms with Crippen molar-refractivity contribution in [1.82, 2.24) is 4.90 Å². The van der Waals surface area contributed by atoms with E-state index in [0.29, 0.717) is 6.54 Å². The van der Waals surface area contributed by atoms with Gasteiger partial charge in [0.15, 0.2) is 0 Å². The summed E-state index contributed by atoms with van der Waals surface area (Å²) in [5.74, 6) is 0.226. The van der Waals surface area contributed by atoms with E-state index in [1.807, 2.05) is 11.0 Å². The van der Waals surface area contributed by atoms with Crippen LogP contribution in [-0.4, -0.2) is 30.4 Å². The van der Waals surface area contributed by atoms with E-state index in [-0.39, 0.29) is 5.91 Å². The first-order chi connectivity index (χ1) is 9.18. The number of likely N-dealkylation sites (tertiary alicyclic amines) is 1. The van der Waals surface area contributed by atoms with Crippen molar-refractivity contribution in [1.29, 1.82) is 0 Å². The van der Waals surface area contributed by atoms with E-state index >= 15 is 0 Å². The summed E-state index contributed by atoms with van der Waals surface area (Å²) in [7, 11) is 0. The molecule has 0 saturated carbocycles. The minimum atomic E-state index is 0.226. The van der Waals surface area contributed by atoms with Gasteiger partial charge in [-0.05, 0) is 37.8 Å². The molecule has 1 N–H and O–H groups in total. The standard InChI is InChI=1S/C16H24N2O/c1-13-8-7-9-14(2)16(13)17-12-15(19)18-10-5-3-4-6-11-18/h7-9,17H,3-6,10-12H2,1-2H3. The zero-order chi connectivity index (χ0) is 13.7. The Morgan fingerprint density at radius 2 is 1.68 bits per heavy atom. The fourth-order valence-electron chi connectivity index (χ4n) is 2.69. The van der Waals surface area contributed by atoms with Gasteiger partial charge in [-0.1, -0.05) is 31.0 Å². The van der Waals surface area contributed by atoms with Crippen molar-refractivity contribution in [2.75, 3.05) is 25.0 Å². The molecule has 1 saturated heterocycles. The Hall–Kier alpha value is -1.51. The van der Waals surface area contributed by atoms with E-state index in [1.54, 1.807) is 0 Å². The molecule has 1 amide bonds. The number of anilines is 1. The fraction of sp³-hybridized carbons (Fsp3) is 0.562. The van der Waals surface area contributed by atoms with Crippen LogP contribution in [0.25, 0.3) is 0 Å². The van der Waals surface area contributed by atoms with Gasteiger partial charge in [0.2, 0.25) is 5.91 Å². The summed E-state index contributed by atoms with van der Waals surface area (Å²) in [6.45, 7) is 6.41. The molecule has 3 heteroatoms. The average Bonchev–Trinajstić information content (AvgIpc) is 2.66. The zero-order valence-electron chi connectivity index (χ0n) is 12.0. The van der Waals surface area contributed by atoms with Crippen LogP contribution in [0.1, 0.15) is 36.8 Å². The van der Waals surface area contributed by atoms with Crippen molar-refractivity contribution in [2.24, 2.45) is 0 Å². The van der Waals surface area contributed by atoms with Crippen molar-refractivity contribution < 1.29 is 4.79 Å². The molecule has 1 aliphatic rings. The lowest BCUT2D eigenvalue weighted by Crippen LogP contribution is -2.36. The molecule has 0 bridgehead atoms. The number of hydrogen-bond acceptors (Lipinski definition) is 2. The summed E-state index contributed by atoms with van der Waals surface area (Å²) < 4.78 is 0. The predicted molar refractivity (Wildman–Crippen MR) is 79.5 cm³/mol. The number of hydrogen-bond donors (Lipinski definition) is 1. The maximum absolute atomic E-state index is 12.2. The van der Waals surface area contributed by atoms with Crippen LogP contribution in [0, 0.1) is 13.8 Å². The maximum Gasteiger partial charge on any atom is 0.241 e. The van der Waals surface area contributed by atoms with Crippen LogP contribution in [0.15, 0.2) is 18.2 Å². The largest absolute Gasteiger partial charge is 0.376 e. The smallest absolute Gasteiger partial charge is 0.241 e. The molecule has 0 unspecified atom stereocenters. The summed E-state index contributed by atoms with van der Waals surface area (Å²) >= 11 is 0. The lowest BCUT2D eigenvalue weighted by atomic mass is 10.1. The molecule has 1 heterocycles. The Morgan fingerprint density at radius 1 is 1.11 bits per heavy atom. The number of para-hydroxylation sites is 1. The van der Waals surface area contributed by atoms with Gasteiger partial charge in [-0.25, -0.2) is 0 Å². The van der Waals surface area contributed by atoms with E-state index in [9.17, 15) is 4.79 Å². The van der Waals surface area contributed by atoms with Gasteiger partial charge in [0.25, 0.3) is 0 Å². The van der Waals surface area contributed by atoms with Crippen LogP contribution >= 0.6 is 0 Å². The Bertz CT molecular complexity index is 414. The molecule has 104 valence electrons. The highest BCUT2D eigenvalue weighted by Gasteiger charge is 2.15. The molecule has 2 rings (SSSR count). The van der Waals surface area contributed by atoms with E-state index < -0.39 is 0 Å². The molecular weight excluding hydrogens is 236 g/mol. The monoisotopic (exact) mass is 260 g/mol. The number of aryl methyl sites for hydroxylation is 2. The number of amides is 1. The Morgan fingerprint density at radius 3 is 2.26 bits per heavy atom. The van der Waals surface area contributed by atoms with Crippen LogP contribution in [0.4, 0.5) is 5.69 Å². The molecule has 0 atom stereocenters. The number of carbonyl (C=O) groups excluding carboxylic acids is 1. The third kappa shape index (κ3) is 3.72. The molecule has 19 heavy (non-hydrogen) atoms. The topological polar surface area (TPSA) is 32.3 Å². The van der Waals surface area contributed by atoms with Gasteiger partial charge in [-0.2, -0.15) is 0 Å². The molecule has 0 aliphatic carbocycles. The quantitative estimate of drug-likeness (QED) is 0.905. The molecule has 1 fully saturated rings. The molecule has 0 spiro atoms. The number of nitrogens with zero attached hydrogens (tertiary/aromatic N) is 1. The first-order valence-corrected chi connectivity index (χ1v) is 7.26. The van der Waals surface area contributed by atoms with Gasteiger partial charge in [0.05, 0.1) is 6.54 Å². The summed E-state index contributed by atoms with van der Waals surface area (Å²) in [5.41, 5.74) is 3.50. The Balaban J connectivity index is 1.92. The molecule has 1 aromatic rings. The minimum absolute atomic E-state index is 0.226. The summed E-state index contributed by atoms with van der Waals surface area (Å²) in [6, 6.07) is 6.20. The van der Waals surface area contributed by atoms with Gasteiger partial charge < -0.3 is 10.2 Å². The first kappa shape index (κ1) is 13.9. The normalized spacial score (nSPS) is 16.0. The maximum atomic E-state index is 12.2. The molecule has 0 aromatic heterocycles. The SMILES string of the molecule is Cc1cccc(C)c1NCC(=O)N1CCCCCC1. The highest BCUT2D eigenvalue weighted by molar-refractivity contribution is 5.81. The second-order valence-electron chi connectivity index (χ2n) is 5.42. The van der Waals surface area contributed by atoms with Crippen LogP contribution in [0.2, 0.25) is 0 Å². The molecule has 3 nitrogen and oxygen atoms in total. The second-order valence-corrected chi connectivity index (χ2v) is 5.42. The van der Waals surface area contributed by atoms with Crippen molar-refractivity contribution in [3.63, 3.8) is 0 Å². The van der Waals surface area contributed by atoms with Gasteiger partial charge in [0, 0.05) is 18.8 Å². The molecular formula is C16H24N2O. The van der Waals surface area contributed by atoms with Gasteiger partial charge in [0.1, 0.15) is 0 Å². The predicted octanol–water partition coefficient (Wildman–Crippen LogP) is 3.12. The summed E-state index contributed by atoms with van der Waals surface area (Å²) in [5, 5.41) is 3.31. The molecule has 0 radical (unpaired) electrons. The van der Waals surface area contributed by atoms with Crippen LogP contribution in [0.5, 0.6) is 0 Å². The average molecular weight is 260 g/mol. The van der Waals surface area contributed by atoms with E-state index in [4.69, 9.17) is 0 Å². The van der Waals surface area contributed by atoms with Crippen molar-refractivity contribution in [3.05, 3.63) is 29.3 Å². The molecule has 1 aliphatic heterocycles. The Kier molecular flexibility index (Phi) is 4.83. The van der Waals surface area contributed by atoms with Gasteiger partial charge in [-0.15, -0.1) is 0 Å².